The monoisotopic (exact) mass is 1350 g/mol. The van der Waals surface area contributed by atoms with Crippen molar-refractivity contribution >= 4 is 0 Å². The Morgan fingerprint density at radius 3 is 1.04 bits per heavy atom. The third kappa shape index (κ3) is 18.7. The summed E-state index contributed by atoms with van der Waals surface area (Å²) in [6, 6.07) is 73.0. The maximum atomic E-state index is 9.04. The van der Waals surface area contributed by atoms with Crippen LogP contribution in [-0.2, 0) is 40.9 Å². The van der Waals surface area contributed by atoms with E-state index in [1.165, 1.54) is 0 Å². The van der Waals surface area contributed by atoms with Crippen LogP contribution in [0, 0.1) is 66.4 Å². The van der Waals surface area contributed by atoms with E-state index in [2.05, 4.69) is 116 Å². The predicted molar refractivity (Wildman–Crippen MR) is 429 cm³/mol. The quantitative estimate of drug-likeness (QED) is 0.102. The van der Waals surface area contributed by atoms with Gasteiger partial charge in [0.1, 0.15) is 28.2 Å². The van der Waals surface area contributed by atoms with Gasteiger partial charge in [-0.2, -0.15) is 0 Å². The zero-order chi connectivity index (χ0) is 87.7. The molecule has 4 heteroatoms. The lowest BCUT2D eigenvalue weighted by Gasteiger charge is -2.19. The molecule has 0 unspecified atom stereocenters. The molecule has 0 radical (unpaired) electrons. The molecule has 516 valence electrons. The van der Waals surface area contributed by atoms with Crippen molar-refractivity contribution in [1.82, 2.24) is 0 Å². The molecule has 4 nitrogen and oxygen atoms in total. The number of aryl methyl sites for hydroxylation is 12. The summed E-state index contributed by atoms with van der Waals surface area (Å²) in [4.78, 5) is 0. The second-order valence-electron chi connectivity index (χ2n) is 28.5. The van der Waals surface area contributed by atoms with Crippen molar-refractivity contribution in [2.24, 2.45) is 39.5 Å². The Morgan fingerprint density at radius 1 is 0.386 bits per heavy atom. The minimum absolute atomic E-state index is 0.0514. The number of pyridine rings is 4. The number of hydrogen-bond acceptors (Lipinski definition) is 0. The molecule has 0 spiro atoms. The van der Waals surface area contributed by atoms with Gasteiger partial charge in [-0.3, -0.25) is 0 Å². The van der Waals surface area contributed by atoms with Crippen molar-refractivity contribution < 1.29 is 42.9 Å². The van der Waals surface area contributed by atoms with E-state index in [4.69, 9.17) is 24.7 Å². The van der Waals surface area contributed by atoms with Crippen molar-refractivity contribution in [2.45, 2.75) is 154 Å². The first-order chi connectivity index (χ1) is 55.3. The lowest BCUT2D eigenvalue weighted by atomic mass is 9.86. The molecule has 1 aliphatic carbocycles. The first kappa shape index (κ1) is 53.2. The summed E-state index contributed by atoms with van der Waals surface area (Å²) in [5, 5.41) is 0. The number of aromatic nitrogens is 4. The largest absolute Gasteiger partial charge is 0.212 e. The minimum Gasteiger partial charge on any atom is -0.201 e. The van der Waals surface area contributed by atoms with Gasteiger partial charge in [0.2, 0.25) is 22.8 Å². The molecular formula is C97H112N4+4. The molecule has 12 aromatic rings. The van der Waals surface area contributed by atoms with Crippen LogP contribution in [0.15, 0.2) is 243 Å². The standard InChI is InChI=1S/C25H28N.C25H30N.C24H28N.C23H26N/c1-18-13-14-22(20-9-5-4-6-10-20)15-24(18)25-16-23(19(2)17-26(25)3)21-11-7-8-12-21;1-18-12-13-21(20-10-8-7-9-11-20)14-23(18)24-15-22(16-25(3,4)5)19(2)17-26(24)6;1-17(2)13-22-15-24(25(5)16-19(22)4)23-14-21(12-11-18(23)3)20-9-7-6-8-10-20;1-16(2)21-14-23(24(5)15-18(21)4)22-13-20(12-11-17(22)3)19-9-7-6-8-10-19/h4-6,9-10,13-17,21H,7-8,11-12H2,1-3H3;7-15,17H,16H2,1-6H3;6-12,14-17H,13H2,1-5H3;6-16H,1-5H3/q4*+1/i2D3,21D;2D3,16D2;4D3,13D2;4D3,16D. The SMILES string of the molecule is [2H]C([2H])([2H])c1c[n+](C)c(-c2cc(-c3ccccc3)ccc2C)cc1C([2H])(C)C.[2H]C([2H])([2H])c1c[n+](C)c(-c2cc(-c3ccccc3)ccc2C)cc1C([2H])([2H])C(C)(C)C.[2H]C([2H])([2H])c1c[n+](C)c(-c2cc(-c3ccccc3)ccc2C)cc1C([2H])([2H])C(C)C.[2H]C([2H])([2H])c1c[n+](C)c(-c2cc(-c3ccccc3)ccc2C)cc1C1([2H])CCCC1. The van der Waals surface area contributed by atoms with E-state index in [1.807, 2.05) is 155 Å². The highest BCUT2D eigenvalue weighted by molar-refractivity contribution is 5.77. The normalized spacial score (nSPS) is 16.0. The fourth-order valence-electron chi connectivity index (χ4n) is 13.2. The topological polar surface area (TPSA) is 15.5 Å². The highest BCUT2D eigenvalue weighted by Gasteiger charge is 2.26. The summed E-state index contributed by atoms with van der Waals surface area (Å²) in [6.07, 6.45) is 6.29. The van der Waals surface area contributed by atoms with Crippen LogP contribution < -0.4 is 18.3 Å². The van der Waals surface area contributed by atoms with Crippen LogP contribution in [0.25, 0.3) is 89.5 Å². The summed E-state index contributed by atoms with van der Waals surface area (Å²) in [6.45, 7) is 11.3. The molecule has 0 aliphatic heterocycles. The van der Waals surface area contributed by atoms with E-state index in [-0.39, 0.29) is 33.7 Å². The van der Waals surface area contributed by atoms with Gasteiger partial charge in [-0.1, -0.05) is 231 Å². The van der Waals surface area contributed by atoms with E-state index < -0.39 is 57.4 Å². The van der Waals surface area contributed by atoms with Crippen LogP contribution in [0.3, 0.4) is 0 Å². The fraction of sp³-hybridized carbons (Fsp3) is 0.299. The van der Waals surface area contributed by atoms with E-state index >= 15 is 0 Å². The molecule has 0 amide bonds. The van der Waals surface area contributed by atoms with Crippen molar-refractivity contribution in [2.75, 3.05) is 0 Å². The van der Waals surface area contributed by atoms with Gasteiger partial charge in [-0.25, -0.2) is 18.3 Å². The molecule has 1 fully saturated rings. The number of nitrogens with zero attached hydrogens (tertiary/aromatic N) is 4. The van der Waals surface area contributed by atoms with E-state index in [0.717, 1.165) is 125 Å². The van der Waals surface area contributed by atoms with Gasteiger partial charge >= 0.3 is 0 Å². The van der Waals surface area contributed by atoms with Crippen LogP contribution in [0.2, 0.25) is 0 Å². The van der Waals surface area contributed by atoms with Crippen LogP contribution in [0.4, 0.5) is 0 Å². The van der Waals surface area contributed by atoms with Gasteiger partial charge < -0.3 is 0 Å². The Bertz CT molecular complexity index is 5440. The van der Waals surface area contributed by atoms with Gasteiger partial charge in [0, 0.05) is 93.4 Å². The smallest absolute Gasteiger partial charge is 0.201 e. The molecule has 0 N–H and O–H groups in total. The van der Waals surface area contributed by atoms with Crippen LogP contribution >= 0.6 is 0 Å². The average Bonchev–Trinajstić information content (AvgIpc) is 1.26. The minimum atomic E-state index is -2.41. The Labute approximate surface area is 633 Å². The fourth-order valence-corrected chi connectivity index (χ4v) is 13.2. The Morgan fingerprint density at radius 2 is 0.703 bits per heavy atom. The summed E-state index contributed by atoms with van der Waals surface area (Å²) in [7, 11) is 7.39. The highest BCUT2D eigenvalue weighted by atomic mass is 14.9. The van der Waals surface area contributed by atoms with Crippen molar-refractivity contribution in [3.8, 4) is 89.5 Å². The second kappa shape index (κ2) is 33.2. The van der Waals surface area contributed by atoms with Crippen molar-refractivity contribution in [1.29, 1.82) is 0 Å². The van der Waals surface area contributed by atoms with Crippen LogP contribution in [0.5, 0.6) is 0 Å². The van der Waals surface area contributed by atoms with E-state index in [0.29, 0.717) is 29.5 Å². The van der Waals surface area contributed by atoms with Crippen molar-refractivity contribution in [3.05, 3.63) is 310 Å². The molecule has 101 heavy (non-hydrogen) atoms. The Hall–Kier alpha value is -9.64. The third-order valence-electron chi connectivity index (χ3n) is 18.7. The Kier molecular flexibility index (Phi) is 17.5. The predicted octanol–water partition coefficient (Wildman–Crippen LogP) is 23.4. The zero-order valence-corrected chi connectivity index (χ0v) is 61.8. The van der Waals surface area contributed by atoms with Gasteiger partial charge in [0.05, 0.1) is 0 Å². The molecule has 0 saturated heterocycles. The summed E-state index contributed by atoms with van der Waals surface area (Å²) >= 11 is 0. The molecule has 8 aromatic carbocycles. The van der Waals surface area contributed by atoms with Crippen LogP contribution in [-0.4, -0.2) is 0 Å². The lowest BCUT2D eigenvalue weighted by Crippen LogP contribution is -2.32. The molecule has 13 rings (SSSR count). The molecule has 0 bridgehead atoms. The maximum absolute atomic E-state index is 9.04. The van der Waals surface area contributed by atoms with Gasteiger partial charge in [-0.15, -0.1) is 0 Å². The number of benzene rings is 8. The first-order valence-electron chi connectivity index (χ1n) is 44.2. The number of rotatable bonds is 13. The second-order valence-corrected chi connectivity index (χ2v) is 28.5. The summed E-state index contributed by atoms with van der Waals surface area (Å²) < 4.78 is 155. The molecule has 1 saturated carbocycles. The molecule has 4 heterocycles. The molecule has 0 atom stereocenters. The Balaban J connectivity index is 0.000000167. The summed E-state index contributed by atoms with van der Waals surface area (Å²) in [5.74, 6) is -2.20. The highest BCUT2D eigenvalue weighted by Crippen LogP contribution is 2.39. The molecule has 4 aromatic heterocycles. The average molecular weight is 1350 g/mol. The summed E-state index contributed by atoms with van der Waals surface area (Å²) in [5.41, 5.74) is 22.1. The van der Waals surface area contributed by atoms with Gasteiger partial charge in [0.25, 0.3) is 0 Å². The van der Waals surface area contributed by atoms with Gasteiger partial charge in [0.15, 0.2) is 24.8 Å². The first-order valence-corrected chi connectivity index (χ1v) is 35.2. The maximum Gasteiger partial charge on any atom is 0.212 e. The van der Waals surface area contributed by atoms with E-state index in [9.17, 15) is 0 Å². The molecular weight excluding hydrogens is 1220 g/mol. The van der Waals surface area contributed by atoms with Crippen LogP contribution in [0.1, 0.15) is 177 Å². The lowest BCUT2D eigenvalue weighted by molar-refractivity contribution is -0.660. The zero-order valence-electron chi connectivity index (χ0n) is 79.8. The van der Waals surface area contributed by atoms with Crippen molar-refractivity contribution in [3.63, 3.8) is 0 Å². The van der Waals surface area contributed by atoms with Gasteiger partial charge in [-0.05, 0) is 217 Å². The van der Waals surface area contributed by atoms with E-state index in [1.54, 1.807) is 94.5 Å². The number of hydrogen-bond donors (Lipinski definition) is 0. The third-order valence-corrected chi connectivity index (χ3v) is 18.7. The molecule has 1 aliphatic rings.